The highest BCUT2D eigenvalue weighted by molar-refractivity contribution is 5.59. The average molecular weight is 367 g/mol. The second-order valence-electron chi connectivity index (χ2n) is 7.44. The summed E-state index contributed by atoms with van der Waals surface area (Å²) in [6.45, 7) is 0.823. The van der Waals surface area contributed by atoms with Crippen LogP contribution in [0.1, 0.15) is 24.0 Å². The summed E-state index contributed by atoms with van der Waals surface area (Å²) < 4.78 is 10.7. The molecule has 144 valence electrons. The van der Waals surface area contributed by atoms with Crippen LogP contribution in [0.3, 0.4) is 0 Å². The highest BCUT2D eigenvalue weighted by atomic mass is 16.5. The molecule has 2 aromatic rings. The van der Waals surface area contributed by atoms with Gasteiger partial charge in [0, 0.05) is 12.5 Å². The first-order chi connectivity index (χ1) is 13.0. The summed E-state index contributed by atoms with van der Waals surface area (Å²) in [6, 6.07) is 15.7. The number of hydrogen-bond donors (Lipinski definition) is 1. The Kier molecular flexibility index (Phi) is 5.88. The minimum absolute atomic E-state index is 0.122. The molecule has 2 aromatic carbocycles. The van der Waals surface area contributed by atoms with E-state index in [1.54, 1.807) is 14.2 Å². The van der Waals surface area contributed by atoms with Gasteiger partial charge < -0.3 is 19.5 Å². The first-order valence-electron chi connectivity index (χ1n) is 9.34. The number of nitrogens with zero attached hydrogens (tertiary/aromatic N) is 1. The van der Waals surface area contributed by atoms with Gasteiger partial charge in [0.15, 0.2) is 0 Å². The SMILES string of the molecule is COc1cccc(C=C2CCC(CN(C)C)C2(O)c2cccc(OC)c2)c1. The number of benzene rings is 2. The van der Waals surface area contributed by atoms with Crippen molar-refractivity contribution in [1.29, 1.82) is 0 Å². The molecule has 2 unspecified atom stereocenters. The third kappa shape index (κ3) is 4.02. The van der Waals surface area contributed by atoms with E-state index in [2.05, 4.69) is 25.1 Å². The summed E-state index contributed by atoms with van der Waals surface area (Å²) in [4.78, 5) is 2.14. The minimum atomic E-state index is -1.01. The molecule has 0 saturated heterocycles. The van der Waals surface area contributed by atoms with Crippen LogP contribution in [-0.2, 0) is 5.60 Å². The van der Waals surface area contributed by atoms with Gasteiger partial charge in [0.05, 0.1) is 14.2 Å². The minimum Gasteiger partial charge on any atom is -0.497 e. The quantitative estimate of drug-likeness (QED) is 0.840. The Bertz CT molecular complexity index is 815. The van der Waals surface area contributed by atoms with Gasteiger partial charge in [-0.2, -0.15) is 0 Å². The standard InChI is InChI=1S/C23H29NO3/c1-24(2)16-20-12-11-19(13-17-7-5-9-21(14-17)26-3)23(20,25)18-8-6-10-22(15-18)27-4/h5-10,13-15,20,25H,11-12,16H2,1-4H3. The highest BCUT2D eigenvalue weighted by Gasteiger charge is 2.46. The van der Waals surface area contributed by atoms with E-state index in [0.29, 0.717) is 0 Å². The molecule has 4 nitrogen and oxygen atoms in total. The molecule has 0 radical (unpaired) electrons. The van der Waals surface area contributed by atoms with E-state index in [1.807, 2.05) is 48.5 Å². The van der Waals surface area contributed by atoms with Gasteiger partial charge in [0.25, 0.3) is 0 Å². The van der Waals surface area contributed by atoms with Crippen molar-refractivity contribution in [3.8, 4) is 11.5 Å². The normalized spacial score (nSPS) is 23.8. The van der Waals surface area contributed by atoms with E-state index in [-0.39, 0.29) is 5.92 Å². The van der Waals surface area contributed by atoms with Crippen molar-refractivity contribution >= 4 is 6.08 Å². The van der Waals surface area contributed by atoms with E-state index in [9.17, 15) is 5.11 Å². The molecule has 0 amide bonds. The zero-order valence-electron chi connectivity index (χ0n) is 16.6. The molecule has 27 heavy (non-hydrogen) atoms. The Morgan fingerprint density at radius 2 is 1.74 bits per heavy atom. The van der Waals surface area contributed by atoms with Crippen LogP contribution in [0, 0.1) is 5.92 Å². The van der Waals surface area contributed by atoms with Crippen molar-refractivity contribution in [1.82, 2.24) is 4.90 Å². The van der Waals surface area contributed by atoms with Gasteiger partial charge in [-0.25, -0.2) is 0 Å². The van der Waals surface area contributed by atoms with E-state index in [0.717, 1.165) is 47.6 Å². The third-order valence-corrected chi connectivity index (χ3v) is 5.37. The van der Waals surface area contributed by atoms with Gasteiger partial charge in [-0.1, -0.05) is 30.3 Å². The smallest absolute Gasteiger partial charge is 0.119 e. The predicted molar refractivity (Wildman–Crippen MR) is 109 cm³/mol. The van der Waals surface area contributed by atoms with E-state index >= 15 is 0 Å². The maximum absolute atomic E-state index is 12.0. The van der Waals surface area contributed by atoms with Crippen molar-refractivity contribution < 1.29 is 14.6 Å². The van der Waals surface area contributed by atoms with E-state index in [1.165, 1.54) is 0 Å². The zero-order valence-corrected chi connectivity index (χ0v) is 16.6. The Hall–Kier alpha value is -2.30. The fourth-order valence-electron chi connectivity index (χ4n) is 4.05. The molecular weight excluding hydrogens is 338 g/mol. The lowest BCUT2D eigenvalue weighted by Gasteiger charge is -2.34. The first kappa shape index (κ1) is 19.5. The fourth-order valence-corrected chi connectivity index (χ4v) is 4.05. The number of rotatable bonds is 6. The average Bonchev–Trinajstić information content (AvgIpc) is 2.98. The molecule has 0 bridgehead atoms. The lowest BCUT2D eigenvalue weighted by atomic mass is 9.80. The molecule has 0 heterocycles. The van der Waals surface area contributed by atoms with Crippen LogP contribution in [0.4, 0.5) is 0 Å². The Morgan fingerprint density at radius 3 is 2.41 bits per heavy atom. The van der Waals surface area contributed by atoms with Gasteiger partial charge in [0.1, 0.15) is 17.1 Å². The van der Waals surface area contributed by atoms with Crippen molar-refractivity contribution in [3.63, 3.8) is 0 Å². The topological polar surface area (TPSA) is 41.9 Å². The summed E-state index contributed by atoms with van der Waals surface area (Å²) in [5.41, 5.74) is 1.95. The van der Waals surface area contributed by atoms with Crippen LogP contribution in [0.25, 0.3) is 6.08 Å². The van der Waals surface area contributed by atoms with Gasteiger partial charge in [-0.3, -0.25) is 0 Å². The maximum atomic E-state index is 12.0. The Morgan fingerprint density at radius 1 is 1.07 bits per heavy atom. The molecule has 1 aliphatic carbocycles. The second-order valence-corrected chi connectivity index (χ2v) is 7.44. The van der Waals surface area contributed by atoms with Crippen LogP contribution >= 0.6 is 0 Å². The number of methoxy groups -OCH3 is 2. The highest BCUT2D eigenvalue weighted by Crippen LogP contribution is 2.49. The van der Waals surface area contributed by atoms with Crippen LogP contribution in [0.15, 0.2) is 54.1 Å². The number of ether oxygens (including phenoxy) is 2. The van der Waals surface area contributed by atoms with Crippen LogP contribution in [0.5, 0.6) is 11.5 Å². The Labute approximate surface area is 162 Å². The molecule has 0 aliphatic heterocycles. The summed E-state index contributed by atoms with van der Waals surface area (Å²) in [6.07, 6.45) is 3.92. The maximum Gasteiger partial charge on any atom is 0.119 e. The van der Waals surface area contributed by atoms with E-state index < -0.39 is 5.60 Å². The molecule has 1 saturated carbocycles. The van der Waals surface area contributed by atoms with Gasteiger partial charge >= 0.3 is 0 Å². The van der Waals surface area contributed by atoms with Crippen molar-refractivity contribution in [2.24, 2.45) is 5.92 Å². The molecule has 1 aliphatic rings. The van der Waals surface area contributed by atoms with Crippen molar-refractivity contribution in [3.05, 3.63) is 65.2 Å². The largest absolute Gasteiger partial charge is 0.497 e. The molecule has 0 spiro atoms. The molecule has 1 N–H and O–H groups in total. The molecule has 1 fully saturated rings. The van der Waals surface area contributed by atoms with E-state index in [4.69, 9.17) is 9.47 Å². The molecular formula is C23H29NO3. The predicted octanol–water partition coefficient (Wildman–Crippen LogP) is 3.95. The Balaban J connectivity index is 2.07. The monoisotopic (exact) mass is 367 g/mol. The summed E-state index contributed by atoms with van der Waals surface area (Å²) in [5.74, 6) is 1.70. The lowest BCUT2D eigenvalue weighted by Crippen LogP contribution is -2.37. The molecule has 2 atom stereocenters. The van der Waals surface area contributed by atoms with Gasteiger partial charge in [0.2, 0.25) is 0 Å². The second kappa shape index (κ2) is 8.15. The van der Waals surface area contributed by atoms with Gasteiger partial charge in [-0.05, 0) is 67.9 Å². The molecule has 3 rings (SSSR count). The fraction of sp³-hybridized carbons (Fsp3) is 0.391. The van der Waals surface area contributed by atoms with Gasteiger partial charge in [-0.15, -0.1) is 0 Å². The zero-order chi connectivity index (χ0) is 19.4. The molecule has 4 heteroatoms. The molecule has 0 aromatic heterocycles. The van der Waals surface area contributed by atoms with Crippen LogP contribution < -0.4 is 9.47 Å². The first-order valence-corrected chi connectivity index (χ1v) is 9.34. The number of aliphatic hydroxyl groups is 1. The third-order valence-electron chi connectivity index (χ3n) is 5.37. The van der Waals surface area contributed by atoms with Crippen molar-refractivity contribution in [2.75, 3.05) is 34.9 Å². The summed E-state index contributed by atoms with van der Waals surface area (Å²) >= 11 is 0. The van der Waals surface area contributed by atoms with Crippen LogP contribution in [0.2, 0.25) is 0 Å². The van der Waals surface area contributed by atoms with Crippen molar-refractivity contribution in [2.45, 2.75) is 18.4 Å². The summed E-state index contributed by atoms with van der Waals surface area (Å²) in [7, 11) is 7.43. The number of hydrogen-bond acceptors (Lipinski definition) is 4. The summed E-state index contributed by atoms with van der Waals surface area (Å²) in [5, 5.41) is 12.0. The lowest BCUT2D eigenvalue weighted by molar-refractivity contribution is 0.0215. The van der Waals surface area contributed by atoms with Crippen LogP contribution in [-0.4, -0.2) is 44.9 Å².